The number of aryl methyl sites for hydroxylation is 1. The van der Waals surface area contributed by atoms with Gasteiger partial charge < -0.3 is 0 Å². The van der Waals surface area contributed by atoms with Crippen LogP contribution in [0.1, 0.15) is 60.4 Å². The van der Waals surface area contributed by atoms with Crippen molar-refractivity contribution in [1.29, 1.82) is 0 Å². The van der Waals surface area contributed by atoms with Crippen LogP contribution in [-0.4, -0.2) is 4.57 Å². The molecule has 29 heavy (non-hydrogen) atoms. The summed E-state index contributed by atoms with van der Waals surface area (Å²) in [6, 6.07) is 20.0. The van der Waals surface area contributed by atoms with E-state index in [9.17, 15) is 0 Å². The zero-order valence-corrected chi connectivity index (χ0v) is 17.9. The van der Waals surface area contributed by atoms with Crippen molar-refractivity contribution in [2.75, 3.05) is 0 Å². The van der Waals surface area contributed by atoms with E-state index in [0.717, 1.165) is 0 Å². The standard InChI is InChI=1S/C27H31N2/c1-20-12-10-11-17-25(20)28-21(2)26-18-19-27(29(26)22(28)3,23-13-6-4-7-14-23)24-15-8-5-9-16-24/h4,6-7,10-14,17-19,24H,5,8-9,15-16H2,1-3H3/q+1. The molecule has 1 saturated carbocycles. The number of fused-ring (bicyclic) bond motifs is 1. The Balaban J connectivity index is 1.78. The fourth-order valence-corrected chi connectivity index (χ4v) is 5.93. The second kappa shape index (κ2) is 7.02. The molecule has 0 N–H and O–H groups in total. The van der Waals surface area contributed by atoms with Gasteiger partial charge in [-0.15, -0.1) is 0 Å². The molecule has 1 unspecified atom stereocenters. The lowest BCUT2D eigenvalue weighted by molar-refractivity contribution is -0.752. The van der Waals surface area contributed by atoms with E-state index in [1.807, 2.05) is 0 Å². The Hall–Kier alpha value is -2.61. The molecule has 0 amide bonds. The average molecular weight is 384 g/mol. The summed E-state index contributed by atoms with van der Waals surface area (Å²) in [5.41, 5.74) is 6.67. The van der Waals surface area contributed by atoms with Gasteiger partial charge in [-0.3, -0.25) is 0 Å². The average Bonchev–Trinajstić information content (AvgIpc) is 3.28. The van der Waals surface area contributed by atoms with Crippen LogP contribution in [0, 0.1) is 26.7 Å². The summed E-state index contributed by atoms with van der Waals surface area (Å²) in [4.78, 5) is 0. The van der Waals surface area contributed by atoms with Crippen LogP contribution in [-0.2, 0) is 5.54 Å². The number of allylic oxidation sites excluding steroid dienone is 1. The Morgan fingerprint density at radius 1 is 0.862 bits per heavy atom. The van der Waals surface area contributed by atoms with Crippen LogP contribution < -0.4 is 4.57 Å². The SMILES string of the molecule is Cc1ccccc1-n1c(C)c2[n+](c1C)C(c1ccccc1)(C1CCCCC1)C=C2. The molecule has 1 atom stereocenters. The first kappa shape index (κ1) is 18.4. The lowest BCUT2D eigenvalue weighted by atomic mass is 9.71. The first-order valence-corrected chi connectivity index (χ1v) is 11.1. The molecule has 1 aromatic heterocycles. The van der Waals surface area contributed by atoms with E-state index in [4.69, 9.17) is 0 Å². The zero-order chi connectivity index (χ0) is 20.0. The highest BCUT2D eigenvalue weighted by molar-refractivity contribution is 5.55. The summed E-state index contributed by atoms with van der Waals surface area (Å²) in [6.45, 7) is 6.79. The highest BCUT2D eigenvalue weighted by Gasteiger charge is 2.51. The fourth-order valence-electron chi connectivity index (χ4n) is 5.93. The lowest BCUT2D eigenvalue weighted by Crippen LogP contribution is -2.60. The predicted molar refractivity (Wildman–Crippen MR) is 119 cm³/mol. The third kappa shape index (κ3) is 2.65. The molecule has 1 fully saturated rings. The molecule has 0 radical (unpaired) electrons. The minimum Gasteiger partial charge on any atom is -0.214 e. The van der Waals surface area contributed by atoms with Crippen molar-refractivity contribution in [3.63, 3.8) is 0 Å². The van der Waals surface area contributed by atoms with Crippen molar-refractivity contribution in [3.05, 3.63) is 89.0 Å². The molecule has 2 heterocycles. The molecule has 0 saturated heterocycles. The first-order valence-electron chi connectivity index (χ1n) is 11.1. The van der Waals surface area contributed by atoms with Crippen LogP contribution in [0.2, 0.25) is 0 Å². The van der Waals surface area contributed by atoms with Crippen LogP contribution in [0.4, 0.5) is 0 Å². The molecule has 1 aliphatic heterocycles. The van der Waals surface area contributed by atoms with Crippen molar-refractivity contribution in [2.24, 2.45) is 5.92 Å². The van der Waals surface area contributed by atoms with E-state index >= 15 is 0 Å². The molecule has 2 nitrogen and oxygen atoms in total. The summed E-state index contributed by atoms with van der Waals surface area (Å²) in [5.74, 6) is 1.97. The minimum absolute atomic E-state index is 0.0697. The van der Waals surface area contributed by atoms with Gasteiger partial charge in [-0.2, -0.15) is 4.57 Å². The van der Waals surface area contributed by atoms with E-state index in [1.165, 1.54) is 66.1 Å². The van der Waals surface area contributed by atoms with E-state index in [-0.39, 0.29) is 5.54 Å². The Labute approximate surface area is 174 Å². The molecule has 2 aromatic carbocycles. The van der Waals surface area contributed by atoms with Gasteiger partial charge in [0.15, 0.2) is 16.9 Å². The molecule has 0 spiro atoms. The number of hydrogen-bond donors (Lipinski definition) is 0. The van der Waals surface area contributed by atoms with E-state index in [1.54, 1.807) is 0 Å². The van der Waals surface area contributed by atoms with Gasteiger partial charge in [0.1, 0.15) is 5.69 Å². The number of aromatic nitrogens is 2. The number of imidazole rings is 1. The summed E-state index contributed by atoms with van der Waals surface area (Å²) < 4.78 is 5.12. The number of rotatable bonds is 3. The lowest BCUT2D eigenvalue weighted by Gasteiger charge is -2.37. The second-order valence-electron chi connectivity index (χ2n) is 8.83. The Bertz CT molecular complexity index is 1070. The van der Waals surface area contributed by atoms with Crippen molar-refractivity contribution < 1.29 is 4.57 Å². The van der Waals surface area contributed by atoms with E-state index in [2.05, 4.69) is 96.7 Å². The highest BCUT2D eigenvalue weighted by atomic mass is 15.2. The molecule has 148 valence electrons. The number of para-hydroxylation sites is 1. The topological polar surface area (TPSA) is 8.81 Å². The summed E-state index contributed by atoms with van der Waals surface area (Å²) in [6.07, 6.45) is 11.6. The van der Waals surface area contributed by atoms with Crippen molar-refractivity contribution in [3.8, 4) is 5.69 Å². The second-order valence-corrected chi connectivity index (χ2v) is 8.83. The molecule has 3 aromatic rings. The Kier molecular flexibility index (Phi) is 4.46. The van der Waals surface area contributed by atoms with Gasteiger partial charge in [-0.25, -0.2) is 4.57 Å². The highest BCUT2D eigenvalue weighted by Crippen LogP contribution is 2.44. The van der Waals surface area contributed by atoms with E-state index < -0.39 is 0 Å². The van der Waals surface area contributed by atoms with Gasteiger partial charge in [0.2, 0.25) is 0 Å². The molecule has 0 bridgehead atoms. The summed E-state index contributed by atoms with van der Waals surface area (Å²) >= 11 is 0. The number of nitrogens with zero attached hydrogens (tertiary/aromatic N) is 2. The normalized spacial score (nSPS) is 21.5. The maximum Gasteiger partial charge on any atom is 0.260 e. The van der Waals surface area contributed by atoms with Crippen molar-refractivity contribution in [1.82, 2.24) is 4.57 Å². The Morgan fingerprint density at radius 2 is 1.55 bits per heavy atom. The molecular formula is C27H31N2+. The largest absolute Gasteiger partial charge is 0.260 e. The van der Waals surface area contributed by atoms with Crippen molar-refractivity contribution >= 4 is 6.08 Å². The van der Waals surface area contributed by atoms with Gasteiger partial charge in [0.05, 0.1) is 0 Å². The predicted octanol–water partition coefficient (Wildman–Crippen LogP) is 6.04. The monoisotopic (exact) mass is 383 g/mol. The van der Waals surface area contributed by atoms with Gasteiger partial charge >= 0.3 is 0 Å². The number of benzene rings is 2. The molecule has 5 rings (SSSR count). The molecule has 2 aliphatic rings. The minimum atomic E-state index is -0.0697. The van der Waals surface area contributed by atoms with Gasteiger partial charge in [-0.05, 0) is 43.5 Å². The molecule has 1 aliphatic carbocycles. The van der Waals surface area contributed by atoms with Gasteiger partial charge in [0, 0.05) is 25.3 Å². The van der Waals surface area contributed by atoms with Crippen LogP contribution in [0.15, 0.2) is 60.7 Å². The van der Waals surface area contributed by atoms with Crippen LogP contribution in [0.25, 0.3) is 11.8 Å². The first-order chi connectivity index (χ1) is 14.1. The van der Waals surface area contributed by atoms with Crippen LogP contribution in [0.3, 0.4) is 0 Å². The maximum absolute atomic E-state index is 2.65. The quantitative estimate of drug-likeness (QED) is 0.488. The number of hydrogen-bond acceptors (Lipinski definition) is 0. The van der Waals surface area contributed by atoms with Crippen molar-refractivity contribution in [2.45, 2.75) is 58.4 Å². The Morgan fingerprint density at radius 3 is 2.28 bits per heavy atom. The zero-order valence-electron chi connectivity index (χ0n) is 17.9. The fraction of sp³-hybridized carbons (Fsp3) is 0.370. The third-order valence-corrected chi connectivity index (χ3v) is 7.28. The third-order valence-electron chi connectivity index (χ3n) is 7.28. The van der Waals surface area contributed by atoms with Crippen LogP contribution in [0.5, 0.6) is 0 Å². The summed E-state index contributed by atoms with van der Waals surface area (Å²) in [5, 5.41) is 0. The van der Waals surface area contributed by atoms with Gasteiger partial charge in [-0.1, -0.05) is 67.8 Å². The molecular weight excluding hydrogens is 352 g/mol. The van der Waals surface area contributed by atoms with Gasteiger partial charge in [0.25, 0.3) is 5.82 Å². The smallest absolute Gasteiger partial charge is 0.214 e. The molecule has 2 heteroatoms. The summed E-state index contributed by atoms with van der Waals surface area (Å²) in [7, 11) is 0. The maximum atomic E-state index is 2.65. The van der Waals surface area contributed by atoms with Crippen LogP contribution >= 0.6 is 0 Å². The van der Waals surface area contributed by atoms with E-state index in [0.29, 0.717) is 5.92 Å².